The number of carbonyl (C=O) groups excluding carboxylic acids is 1. The summed E-state index contributed by atoms with van der Waals surface area (Å²) in [6.45, 7) is 7.22. The van der Waals surface area contributed by atoms with Gasteiger partial charge in [0.25, 0.3) is 5.91 Å². The highest BCUT2D eigenvalue weighted by Crippen LogP contribution is 2.27. The van der Waals surface area contributed by atoms with Crippen molar-refractivity contribution in [3.05, 3.63) is 71.5 Å². The van der Waals surface area contributed by atoms with Gasteiger partial charge < -0.3 is 15.1 Å². The summed E-state index contributed by atoms with van der Waals surface area (Å²) in [4.78, 5) is 17.6. The van der Waals surface area contributed by atoms with E-state index < -0.39 is 0 Å². The summed E-state index contributed by atoms with van der Waals surface area (Å²) in [6.07, 6.45) is 1.76. The number of carbonyl (C=O) groups is 1. The summed E-state index contributed by atoms with van der Waals surface area (Å²) in [7, 11) is 0. The van der Waals surface area contributed by atoms with E-state index >= 15 is 0 Å². The van der Waals surface area contributed by atoms with Crippen LogP contribution in [-0.4, -0.2) is 53.3 Å². The van der Waals surface area contributed by atoms with Crippen molar-refractivity contribution in [2.45, 2.75) is 6.92 Å². The molecule has 7 heteroatoms. The van der Waals surface area contributed by atoms with E-state index in [1.165, 1.54) is 0 Å². The molecule has 0 aliphatic carbocycles. The molecule has 1 aromatic heterocycles. The van der Waals surface area contributed by atoms with Crippen molar-refractivity contribution in [3.8, 4) is 5.69 Å². The van der Waals surface area contributed by atoms with E-state index in [4.69, 9.17) is 11.6 Å². The lowest BCUT2D eigenvalue weighted by Gasteiger charge is -2.36. The molecule has 4 rings (SSSR count). The standard InChI is InChI=1S/C22H24ClN5O/c1-2-26-12-14-27(15-13-26)21-9-4-3-8-19(21)24-22(29)20-10-11-28(25-20)18-7-5-6-17(23)16-18/h3-11,16H,2,12-15H2,1H3,(H,24,29). The van der Waals surface area contributed by atoms with Gasteiger partial charge in [-0.05, 0) is 42.9 Å². The van der Waals surface area contributed by atoms with Gasteiger partial charge in [0.1, 0.15) is 0 Å². The van der Waals surface area contributed by atoms with Gasteiger partial charge >= 0.3 is 0 Å². The Balaban J connectivity index is 1.50. The molecule has 0 unspecified atom stereocenters. The Hall–Kier alpha value is -2.83. The minimum atomic E-state index is -0.231. The zero-order valence-electron chi connectivity index (χ0n) is 16.4. The highest BCUT2D eigenvalue weighted by Gasteiger charge is 2.19. The zero-order chi connectivity index (χ0) is 20.2. The molecule has 0 radical (unpaired) electrons. The molecule has 3 aromatic rings. The maximum absolute atomic E-state index is 12.8. The van der Waals surface area contributed by atoms with Crippen LogP contribution in [0.5, 0.6) is 0 Å². The third-order valence-electron chi connectivity index (χ3n) is 5.21. The molecule has 2 heterocycles. The van der Waals surface area contributed by atoms with Crippen LogP contribution in [0, 0.1) is 0 Å². The minimum absolute atomic E-state index is 0.231. The maximum atomic E-state index is 12.8. The molecule has 2 aromatic carbocycles. The smallest absolute Gasteiger partial charge is 0.276 e. The largest absolute Gasteiger partial charge is 0.367 e. The first-order chi connectivity index (χ1) is 14.1. The molecule has 1 amide bonds. The topological polar surface area (TPSA) is 53.4 Å². The first-order valence-electron chi connectivity index (χ1n) is 9.83. The Bertz CT molecular complexity index is 994. The van der Waals surface area contributed by atoms with Gasteiger partial charge in [0, 0.05) is 37.4 Å². The average Bonchev–Trinajstić information content (AvgIpc) is 3.25. The van der Waals surface area contributed by atoms with Crippen molar-refractivity contribution < 1.29 is 4.79 Å². The lowest BCUT2D eigenvalue weighted by Crippen LogP contribution is -2.46. The van der Waals surface area contributed by atoms with Gasteiger partial charge in [0.2, 0.25) is 0 Å². The lowest BCUT2D eigenvalue weighted by atomic mass is 10.2. The van der Waals surface area contributed by atoms with E-state index in [2.05, 4.69) is 33.2 Å². The molecule has 1 saturated heterocycles. The summed E-state index contributed by atoms with van der Waals surface area (Å²) >= 11 is 6.05. The quantitative estimate of drug-likeness (QED) is 0.694. The van der Waals surface area contributed by atoms with E-state index in [0.29, 0.717) is 10.7 Å². The Kier molecular flexibility index (Phi) is 5.83. The van der Waals surface area contributed by atoms with Crippen molar-refractivity contribution in [3.63, 3.8) is 0 Å². The summed E-state index contributed by atoms with van der Waals surface area (Å²) in [5.41, 5.74) is 3.02. The molecule has 1 fully saturated rings. The Morgan fingerprint density at radius 2 is 1.86 bits per heavy atom. The van der Waals surface area contributed by atoms with Crippen molar-refractivity contribution in [1.29, 1.82) is 0 Å². The summed E-state index contributed by atoms with van der Waals surface area (Å²) < 4.78 is 1.65. The minimum Gasteiger partial charge on any atom is -0.367 e. The van der Waals surface area contributed by atoms with E-state index in [-0.39, 0.29) is 5.91 Å². The molecular formula is C22H24ClN5O. The van der Waals surface area contributed by atoms with Crippen LogP contribution in [0.4, 0.5) is 11.4 Å². The number of nitrogens with one attached hydrogen (secondary N) is 1. The van der Waals surface area contributed by atoms with Crippen LogP contribution >= 0.6 is 11.6 Å². The third-order valence-corrected chi connectivity index (χ3v) is 5.44. The first kappa shape index (κ1) is 19.5. The third kappa shape index (κ3) is 4.44. The van der Waals surface area contributed by atoms with Crippen LogP contribution in [0.15, 0.2) is 60.8 Å². The van der Waals surface area contributed by atoms with Gasteiger partial charge in [-0.2, -0.15) is 5.10 Å². The van der Waals surface area contributed by atoms with Crippen LogP contribution in [0.2, 0.25) is 5.02 Å². The van der Waals surface area contributed by atoms with E-state index in [9.17, 15) is 4.79 Å². The molecular weight excluding hydrogens is 386 g/mol. The fourth-order valence-electron chi connectivity index (χ4n) is 3.55. The predicted octanol–water partition coefficient (Wildman–Crippen LogP) is 3.92. The van der Waals surface area contributed by atoms with Crippen molar-refractivity contribution in [2.24, 2.45) is 0 Å². The van der Waals surface area contributed by atoms with E-state index in [0.717, 1.165) is 49.8 Å². The van der Waals surface area contributed by atoms with Gasteiger partial charge in [0.15, 0.2) is 5.69 Å². The SMILES string of the molecule is CCN1CCN(c2ccccc2NC(=O)c2ccn(-c3cccc(Cl)c3)n2)CC1. The monoisotopic (exact) mass is 409 g/mol. The number of halogens is 1. The number of nitrogens with zero attached hydrogens (tertiary/aromatic N) is 4. The Labute approximate surface area is 175 Å². The molecule has 29 heavy (non-hydrogen) atoms. The molecule has 0 atom stereocenters. The van der Waals surface area contributed by atoms with Crippen LogP contribution in [-0.2, 0) is 0 Å². The molecule has 1 aliphatic rings. The lowest BCUT2D eigenvalue weighted by molar-refractivity contribution is 0.102. The molecule has 0 bridgehead atoms. The van der Waals surface area contributed by atoms with Gasteiger partial charge in [0.05, 0.1) is 17.1 Å². The van der Waals surface area contributed by atoms with Gasteiger partial charge in [-0.25, -0.2) is 4.68 Å². The number of benzene rings is 2. The number of likely N-dealkylation sites (N-methyl/N-ethyl adjacent to an activating group) is 1. The molecule has 1 N–H and O–H groups in total. The maximum Gasteiger partial charge on any atom is 0.276 e. The summed E-state index contributed by atoms with van der Waals surface area (Å²) in [6, 6.07) is 17.0. The fraction of sp³-hybridized carbons (Fsp3) is 0.273. The van der Waals surface area contributed by atoms with Gasteiger partial charge in [-0.3, -0.25) is 4.79 Å². The second-order valence-corrected chi connectivity index (χ2v) is 7.45. The van der Waals surface area contributed by atoms with Crippen LogP contribution in [0.1, 0.15) is 17.4 Å². The van der Waals surface area contributed by atoms with Gasteiger partial charge in [-0.15, -0.1) is 0 Å². The zero-order valence-corrected chi connectivity index (χ0v) is 17.1. The van der Waals surface area contributed by atoms with Crippen LogP contribution in [0.3, 0.4) is 0 Å². The van der Waals surface area contributed by atoms with Crippen molar-refractivity contribution in [2.75, 3.05) is 42.9 Å². The van der Waals surface area contributed by atoms with Crippen molar-refractivity contribution in [1.82, 2.24) is 14.7 Å². The number of rotatable bonds is 5. The number of hydrogen-bond acceptors (Lipinski definition) is 4. The summed E-state index contributed by atoms with van der Waals surface area (Å²) in [5, 5.41) is 8.06. The molecule has 0 saturated carbocycles. The average molecular weight is 410 g/mol. The molecule has 0 spiro atoms. The molecule has 1 aliphatic heterocycles. The van der Waals surface area contributed by atoms with Crippen LogP contribution in [0.25, 0.3) is 5.69 Å². The predicted molar refractivity (Wildman–Crippen MR) is 117 cm³/mol. The highest BCUT2D eigenvalue weighted by atomic mass is 35.5. The van der Waals surface area contributed by atoms with E-state index in [1.54, 1.807) is 23.0 Å². The number of amides is 1. The Morgan fingerprint density at radius 1 is 1.07 bits per heavy atom. The number of aromatic nitrogens is 2. The molecule has 150 valence electrons. The Morgan fingerprint density at radius 3 is 2.62 bits per heavy atom. The first-order valence-corrected chi connectivity index (χ1v) is 10.2. The normalized spacial score (nSPS) is 14.8. The van der Waals surface area contributed by atoms with E-state index in [1.807, 2.05) is 36.4 Å². The number of piperazine rings is 1. The highest BCUT2D eigenvalue weighted by molar-refractivity contribution is 6.30. The second-order valence-electron chi connectivity index (χ2n) is 7.02. The van der Waals surface area contributed by atoms with Crippen molar-refractivity contribution >= 4 is 28.9 Å². The number of para-hydroxylation sites is 2. The number of hydrogen-bond donors (Lipinski definition) is 1. The second kappa shape index (κ2) is 8.68. The fourth-order valence-corrected chi connectivity index (χ4v) is 3.74. The molecule has 6 nitrogen and oxygen atoms in total. The summed E-state index contributed by atoms with van der Waals surface area (Å²) in [5.74, 6) is -0.231. The number of anilines is 2. The van der Waals surface area contributed by atoms with Crippen LogP contribution < -0.4 is 10.2 Å². The van der Waals surface area contributed by atoms with Gasteiger partial charge in [-0.1, -0.05) is 36.7 Å².